The largest absolute Gasteiger partial charge is 0.328 e. The molecule has 0 bridgehead atoms. The molecule has 120 valence electrons. The van der Waals surface area contributed by atoms with Crippen LogP contribution in [0.5, 0.6) is 0 Å². The van der Waals surface area contributed by atoms with Crippen molar-refractivity contribution in [2.75, 3.05) is 0 Å². The molecule has 22 heavy (non-hydrogen) atoms. The van der Waals surface area contributed by atoms with Crippen LogP contribution < -0.4 is 5.73 Å². The molecule has 1 aromatic heterocycles. The van der Waals surface area contributed by atoms with E-state index in [1.807, 2.05) is 38.1 Å². The number of hydrogen-bond acceptors (Lipinski definition) is 2. The maximum atomic E-state index is 6.51. The third-order valence-corrected chi connectivity index (χ3v) is 4.63. The van der Waals surface area contributed by atoms with E-state index in [9.17, 15) is 0 Å². The number of rotatable bonds is 2. The quantitative estimate of drug-likeness (QED) is 0.769. The van der Waals surface area contributed by atoms with Crippen molar-refractivity contribution in [2.45, 2.75) is 51.5 Å². The molecule has 1 aromatic carbocycles. The van der Waals surface area contributed by atoms with E-state index in [-0.39, 0.29) is 0 Å². The second kappa shape index (κ2) is 8.00. The molecule has 3 nitrogen and oxygen atoms in total. The first-order chi connectivity index (χ1) is 10.6. The first-order valence-corrected chi connectivity index (χ1v) is 8.66. The van der Waals surface area contributed by atoms with Gasteiger partial charge in [0.1, 0.15) is 5.69 Å². The van der Waals surface area contributed by atoms with E-state index < -0.39 is 0 Å². The summed E-state index contributed by atoms with van der Waals surface area (Å²) in [7, 11) is 0. The summed E-state index contributed by atoms with van der Waals surface area (Å²) in [6, 6.07) is 7.93. The van der Waals surface area contributed by atoms with Crippen molar-refractivity contribution in [3.05, 3.63) is 40.0 Å². The van der Waals surface area contributed by atoms with Crippen LogP contribution in [0.25, 0.3) is 11.3 Å². The Morgan fingerprint density at radius 2 is 1.82 bits per heavy atom. The Labute approximate surface area is 142 Å². The van der Waals surface area contributed by atoms with Crippen LogP contribution in [0.1, 0.15) is 51.1 Å². The molecule has 0 spiro atoms. The highest BCUT2D eigenvalue weighted by molar-refractivity contribution is 6.34. The minimum atomic E-state index is 0.334. The van der Waals surface area contributed by atoms with Crippen LogP contribution in [0.3, 0.4) is 0 Å². The fourth-order valence-electron chi connectivity index (χ4n) is 2.85. The van der Waals surface area contributed by atoms with E-state index in [2.05, 4.69) is 10.2 Å². The Morgan fingerprint density at radius 1 is 1.14 bits per heavy atom. The number of nitrogens with zero attached hydrogens (tertiary/aromatic N) is 1. The van der Waals surface area contributed by atoms with Gasteiger partial charge in [0.25, 0.3) is 0 Å². The van der Waals surface area contributed by atoms with Gasteiger partial charge in [-0.25, -0.2) is 0 Å². The number of nitrogens with two attached hydrogens (primary N) is 1. The zero-order valence-corrected chi connectivity index (χ0v) is 14.6. The second-order valence-corrected chi connectivity index (χ2v) is 6.24. The maximum Gasteiger partial charge on any atom is 0.111 e. The molecule has 0 unspecified atom stereocenters. The molecule has 1 fully saturated rings. The van der Waals surface area contributed by atoms with Crippen molar-refractivity contribution in [2.24, 2.45) is 5.73 Å². The first kappa shape index (κ1) is 17.3. The Morgan fingerprint density at radius 3 is 2.45 bits per heavy atom. The number of aromatic nitrogens is 2. The summed E-state index contributed by atoms with van der Waals surface area (Å²) in [6.45, 7) is 4.00. The molecule has 5 heteroatoms. The minimum Gasteiger partial charge on any atom is -0.328 e. The lowest BCUT2D eigenvalue weighted by Crippen LogP contribution is -2.25. The number of H-pyrrole nitrogens is 1. The molecule has 1 aliphatic carbocycles. The molecule has 2 aromatic rings. The van der Waals surface area contributed by atoms with E-state index in [4.69, 9.17) is 28.9 Å². The van der Waals surface area contributed by atoms with Crippen LogP contribution in [0.15, 0.2) is 24.3 Å². The summed E-state index contributed by atoms with van der Waals surface area (Å²) in [6.07, 6.45) is 4.23. The van der Waals surface area contributed by atoms with Crippen molar-refractivity contribution >= 4 is 23.2 Å². The summed E-state index contributed by atoms with van der Waals surface area (Å²) in [4.78, 5) is 0. The van der Waals surface area contributed by atoms with E-state index in [0.717, 1.165) is 42.6 Å². The summed E-state index contributed by atoms with van der Waals surface area (Å²) in [5, 5.41) is 8.89. The topological polar surface area (TPSA) is 54.7 Å². The number of hydrogen-bond donors (Lipinski definition) is 2. The average molecular weight is 340 g/mol. The number of benzene rings is 1. The van der Waals surface area contributed by atoms with Crippen molar-refractivity contribution in [1.82, 2.24) is 10.2 Å². The van der Waals surface area contributed by atoms with E-state index in [1.165, 1.54) is 0 Å². The summed E-state index contributed by atoms with van der Waals surface area (Å²) in [5.74, 6) is 0.433. The lowest BCUT2D eigenvalue weighted by Gasteiger charge is -2.25. The zero-order valence-electron chi connectivity index (χ0n) is 13.1. The normalized spacial score (nSPS) is 21.1. The third kappa shape index (κ3) is 3.83. The van der Waals surface area contributed by atoms with Crippen molar-refractivity contribution in [1.29, 1.82) is 0 Å². The van der Waals surface area contributed by atoms with Crippen LogP contribution in [-0.2, 0) is 0 Å². The number of halogens is 2. The molecule has 3 rings (SSSR count). The molecule has 3 N–H and O–H groups in total. The highest BCUT2D eigenvalue weighted by Crippen LogP contribution is 2.38. The monoisotopic (exact) mass is 339 g/mol. The first-order valence-electron chi connectivity index (χ1n) is 7.90. The molecule has 0 radical (unpaired) electrons. The molecule has 0 aliphatic heterocycles. The zero-order chi connectivity index (χ0) is 16.1. The van der Waals surface area contributed by atoms with Gasteiger partial charge in [-0.05, 0) is 37.8 Å². The van der Waals surface area contributed by atoms with Gasteiger partial charge >= 0.3 is 0 Å². The van der Waals surface area contributed by atoms with Crippen LogP contribution in [0.2, 0.25) is 10.0 Å². The fraction of sp³-hybridized carbons (Fsp3) is 0.471. The molecular weight excluding hydrogens is 317 g/mol. The highest BCUT2D eigenvalue weighted by atomic mass is 35.5. The van der Waals surface area contributed by atoms with Gasteiger partial charge in [0.05, 0.1) is 10.7 Å². The van der Waals surface area contributed by atoms with Crippen LogP contribution in [0.4, 0.5) is 0 Å². The van der Waals surface area contributed by atoms with E-state index in [1.54, 1.807) is 0 Å². The smallest absolute Gasteiger partial charge is 0.111 e. The lowest BCUT2D eigenvalue weighted by atomic mass is 9.84. The predicted molar refractivity (Wildman–Crippen MR) is 94.6 cm³/mol. The van der Waals surface area contributed by atoms with Crippen LogP contribution in [-0.4, -0.2) is 16.2 Å². The number of nitrogens with one attached hydrogen (secondary N) is 1. The van der Waals surface area contributed by atoms with Gasteiger partial charge < -0.3 is 5.73 Å². The SMILES string of the molecule is CC.NC1CCC(c2[nH]nc(-c3cccc(Cl)c3)c2Cl)CC1. The molecular formula is C17H23Cl2N3. The second-order valence-electron chi connectivity index (χ2n) is 5.42. The van der Waals surface area contributed by atoms with Gasteiger partial charge in [-0.15, -0.1) is 0 Å². The van der Waals surface area contributed by atoms with Gasteiger partial charge in [0.15, 0.2) is 0 Å². The molecule has 0 saturated heterocycles. The molecule has 1 saturated carbocycles. The Balaban J connectivity index is 0.000000847. The maximum absolute atomic E-state index is 6.51. The summed E-state index contributed by atoms with van der Waals surface area (Å²) in [5.41, 5.74) is 8.71. The van der Waals surface area contributed by atoms with Gasteiger partial charge in [-0.1, -0.05) is 49.2 Å². The van der Waals surface area contributed by atoms with Gasteiger partial charge in [-0.2, -0.15) is 5.10 Å². The van der Waals surface area contributed by atoms with Gasteiger partial charge in [-0.3, -0.25) is 5.10 Å². The molecule has 0 amide bonds. The van der Waals surface area contributed by atoms with E-state index >= 15 is 0 Å². The van der Waals surface area contributed by atoms with Gasteiger partial charge in [0.2, 0.25) is 0 Å². The predicted octanol–water partition coefficient (Wildman–Crippen LogP) is 5.39. The highest BCUT2D eigenvalue weighted by Gasteiger charge is 2.25. The molecule has 1 heterocycles. The van der Waals surface area contributed by atoms with Crippen LogP contribution >= 0.6 is 23.2 Å². The Hall–Kier alpha value is -1.03. The Kier molecular flexibility index (Phi) is 6.30. The summed E-state index contributed by atoms with van der Waals surface area (Å²) < 4.78 is 0. The Bertz CT molecular complexity index is 602. The van der Waals surface area contributed by atoms with E-state index in [0.29, 0.717) is 22.0 Å². The van der Waals surface area contributed by atoms with Gasteiger partial charge in [0, 0.05) is 22.5 Å². The van der Waals surface area contributed by atoms with Crippen molar-refractivity contribution in [3.63, 3.8) is 0 Å². The number of aromatic amines is 1. The summed E-state index contributed by atoms with van der Waals surface area (Å²) >= 11 is 12.5. The third-order valence-electron chi connectivity index (χ3n) is 4.01. The van der Waals surface area contributed by atoms with Crippen molar-refractivity contribution in [3.8, 4) is 11.3 Å². The van der Waals surface area contributed by atoms with Crippen molar-refractivity contribution < 1.29 is 0 Å². The van der Waals surface area contributed by atoms with Crippen LogP contribution in [0, 0.1) is 0 Å². The minimum absolute atomic E-state index is 0.334. The lowest BCUT2D eigenvalue weighted by molar-refractivity contribution is 0.390. The average Bonchev–Trinajstić information content (AvgIpc) is 2.92. The standard InChI is InChI=1S/C15H17Cl2N3.C2H6/c16-11-3-1-2-10(8-11)15-13(17)14(19-20-15)9-4-6-12(18)7-5-9;1-2/h1-3,8-9,12H,4-7,18H2,(H,19,20);1-2H3. The fourth-order valence-corrected chi connectivity index (χ4v) is 3.39. The molecule has 0 atom stereocenters. The molecule has 1 aliphatic rings.